The van der Waals surface area contributed by atoms with E-state index in [1.165, 1.54) is 0 Å². The Morgan fingerprint density at radius 1 is 0.969 bits per heavy atom. The molecule has 4 rings (SSSR count). The first-order chi connectivity index (χ1) is 15.5. The molecule has 0 spiro atoms. The third-order valence-corrected chi connectivity index (χ3v) is 5.92. The van der Waals surface area contributed by atoms with Gasteiger partial charge < -0.3 is 10.2 Å². The summed E-state index contributed by atoms with van der Waals surface area (Å²) in [7, 11) is 0. The Kier molecular flexibility index (Phi) is 6.87. The van der Waals surface area contributed by atoms with Gasteiger partial charge in [-0.3, -0.25) is 14.5 Å². The minimum absolute atomic E-state index is 0.0583. The second-order valence-electron chi connectivity index (χ2n) is 7.88. The van der Waals surface area contributed by atoms with Gasteiger partial charge in [-0.05, 0) is 24.6 Å². The lowest BCUT2D eigenvalue weighted by Gasteiger charge is -2.34. The van der Waals surface area contributed by atoms with Crippen molar-refractivity contribution in [2.24, 2.45) is 0 Å². The smallest absolute Gasteiger partial charge is 0.258 e. The lowest BCUT2D eigenvalue weighted by atomic mass is 10.2. The molecule has 0 atom stereocenters. The molecule has 1 aromatic heterocycles. The molecule has 1 saturated heterocycles. The topological polar surface area (TPSA) is 70.5 Å². The normalized spacial score (nSPS) is 14.4. The average Bonchev–Trinajstić information content (AvgIpc) is 3.07. The van der Waals surface area contributed by atoms with E-state index in [-0.39, 0.29) is 11.8 Å². The molecule has 0 unspecified atom stereocenters. The van der Waals surface area contributed by atoms with E-state index < -0.39 is 0 Å². The number of aromatic nitrogens is 2. The highest BCUT2D eigenvalue weighted by atomic mass is 35.5. The Morgan fingerprint density at radius 3 is 2.25 bits per heavy atom. The number of halogens is 1. The van der Waals surface area contributed by atoms with E-state index in [1.54, 1.807) is 9.58 Å². The molecule has 0 bridgehead atoms. The van der Waals surface area contributed by atoms with Crippen molar-refractivity contribution in [1.29, 1.82) is 0 Å². The summed E-state index contributed by atoms with van der Waals surface area (Å²) in [4.78, 5) is 29.3. The number of nitrogens with one attached hydrogen (secondary N) is 1. The summed E-state index contributed by atoms with van der Waals surface area (Å²) in [6, 6.07) is 19.3. The van der Waals surface area contributed by atoms with Crippen LogP contribution in [0.3, 0.4) is 0 Å². The summed E-state index contributed by atoms with van der Waals surface area (Å²) in [5.41, 5.74) is 2.93. The van der Waals surface area contributed by atoms with E-state index in [0.29, 0.717) is 55.7 Å². The molecule has 1 fully saturated rings. The van der Waals surface area contributed by atoms with Crippen molar-refractivity contribution in [2.75, 3.05) is 38.0 Å². The largest absolute Gasteiger partial charge is 0.336 e. The van der Waals surface area contributed by atoms with Gasteiger partial charge in [0.25, 0.3) is 5.91 Å². The van der Waals surface area contributed by atoms with E-state index >= 15 is 0 Å². The molecule has 1 aliphatic heterocycles. The standard InChI is InChI=1S/C24H26ClN5O2/c1-18-22(23(25)30(27-18)16-19-8-4-2-5-9-19)24(32)29-14-12-28(13-15-29)17-21(31)26-20-10-6-3-7-11-20/h2-11H,12-17H2,1H3,(H,26,31). The van der Waals surface area contributed by atoms with Gasteiger partial charge in [0, 0.05) is 31.9 Å². The molecule has 0 radical (unpaired) electrons. The van der Waals surface area contributed by atoms with Crippen LogP contribution in [0, 0.1) is 6.92 Å². The van der Waals surface area contributed by atoms with Crippen LogP contribution < -0.4 is 5.32 Å². The number of carbonyl (C=O) groups excluding carboxylic acids is 2. The van der Waals surface area contributed by atoms with Crippen LogP contribution in [0.15, 0.2) is 60.7 Å². The number of carbonyl (C=O) groups is 2. The molecule has 166 valence electrons. The minimum Gasteiger partial charge on any atom is -0.336 e. The number of piperazine rings is 1. The first-order valence-electron chi connectivity index (χ1n) is 10.6. The summed E-state index contributed by atoms with van der Waals surface area (Å²) < 4.78 is 1.67. The van der Waals surface area contributed by atoms with Crippen LogP contribution in [0.25, 0.3) is 0 Å². The maximum atomic E-state index is 13.2. The van der Waals surface area contributed by atoms with E-state index in [1.807, 2.05) is 67.6 Å². The Labute approximate surface area is 192 Å². The molecule has 2 heterocycles. The molecule has 8 heteroatoms. The molecular formula is C24H26ClN5O2. The summed E-state index contributed by atoms with van der Waals surface area (Å²) in [6.45, 7) is 4.95. The molecule has 2 amide bonds. The van der Waals surface area contributed by atoms with Crippen molar-refractivity contribution >= 4 is 29.1 Å². The fourth-order valence-corrected chi connectivity index (χ4v) is 4.16. The first-order valence-corrected chi connectivity index (χ1v) is 11.0. The molecule has 2 aromatic carbocycles. The predicted octanol–water partition coefficient (Wildman–Crippen LogP) is 3.29. The molecule has 1 N–H and O–H groups in total. The highest BCUT2D eigenvalue weighted by molar-refractivity contribution is 6.33. The second-order valence-corrected chi connectivity index (χ2v) is 8.24. The maximum Gasteiger partial charge on any atom is 0.258 e. The van der Waals surface area contributed by atoms with Gasteiger partial charge in [0.1, 0.15) is 5.15 Å². The quantitative estimate of drug-likeness (QED) is 0.624. The lowest BCUT2D eigenvalue weighted by Crippen LogP contribution is -2.50. The third kappa shape index (κ3) is 5.18. The number of para-hydroxylation sites is 1. The van der Waals surface area contributed by atoms with Crippen LogP contribution in [-0.4, -0.2) is 64.1 Å². The minimum atomic E-state index is -0.111. The number of aryl methyl sites for hydroxylation is 1. The molecule has 3 aromatic rings. The number of hydrogen-bond acceptors (Lipinski definition) is 4. The van der Waals surface area contributed by atoms with Gasteiger partial charge in [0.2, 0.25) is 5.91 Å². The van der Waals surface area contributed by atoms with Crippen LogP contribution in [-0.2, 0) is 11.3 Å². The summed E-state index contributed by atoms with van der Waals surface area (Å²) in [5, 5.41) is 7.75. The van der Waals surface area contributed by atoms with E-state index in [4.69, 9.17) is 11.6 Å². The van der Waals surface area contributed by atoms with Crippen molar-refractivity contribution in [3.05, 3.63) is 82.6 Å². The Balaban J connectivity index is 1.34. The molecule has 0 aliphatic carbocycles. The SMILES string of the molecule is Cc1nn(Cc2ccccc2)c(Cl)c1C(=O)N1CCN(CC(=O)Nc2ccccc2)CC1. The summed E-state index contributed by atoms with van der Waals surface area (Å²) >= 11 is 6.56. The second kappa shape index (κ2) is 9.97. The fraction of sp³-hybridized carbons (Fsp3) is 0.292. The van der Waals surface area contributed by atoms with Crippen molar-refractivity contribution in [3.8, 4) is 0 Å². The zero-order valence-electron chi connectivity index (χ0n) is 18.0. The van der Waals surface area contributed by atoms with E-state index in [0.717, 1.165) is 11.3 Å². The number of hydrogen-bond donors (Lipinski definition) is 1. The van der Waals surface area contributed by atoms with Gasteiger partial charge in [-0.25, -0.2) is 4.68 Å². The summed E-state index contributed by atoms with van der Waals surface area (Å²) in [5.74, 6) is -0.169. The Morgan fingerprint density at radius 2 is 1.59 bits per heavy atom. The third-order valence-electron chi connectivity index (χ3n) is 5.54. The molecular weight excluding hydrogens is 426 g/mol. The number of rotatable bonds is 6. The van der Waals surface area contributed by atoms with Gasteiger partial charge >= 0.3 is 0 Å². The van der Waals surface area contributed by atoms with Gasteiger partial charge in [0.15, 0.2) is 0 Å². The van der Waals surface area contributed by atoms with Gasteiger partial charge in [-0.1, -0.05) is 60.1 Å². The number of anilines is 1. The summed E-state index contributed by atoms with van der Waals surface area (Å²) in [6.07, 6.45) is 0. The average molecular weight is 452 g/mol. The van der Waals surface area contributed by atoms with Crippen LogP contribution in [0.1, 0.15) is 21.6 Å². The zero-order chi connectivity index (χ0) is 22.5. The molecule has 1 aliphatic rings. The van der Waals surface area contributed by atoms with Gasteiger partial charge in [-0.15, -0.1) is 0 Å². The van der Waals surface area contributed by atoms with Crippen LogP contribution in [0.2, 0.25) is 5.15 Å². The van der Waals surface area contributed by atoms with Crippen LogP contribution in [0.4, 0.5) is 5.69 Å². The van der Waals surface area contributed by atoms with Crippen molar-refractivity contribution in [1.82, 2.24) is 19.6 Å². The molecule has 32 heavy (non-hydrogen) atoms. The Hall–Kier alpha value is -3.16. The number of benzene rings is 2. The first kappa shape index (κ1) is 22.0. The van der Waals surface area contributed by atoms with E-state index in [9.17, 15) is 9.59 Å². The van der Waals surface area contributed by atoms with Gasteiger partial charge in [0.05, 0.1) is 24.3 Å². The van der Waals surface area contributed by atoms with Crippen molar-refractivity contribution < 1.29 is 9.59 Å². The zero-order valence-corrected chi connectivity index (χ0v) is 18.8. The van der Waals surface area contributed by atoms with Crippen molar-refractivity contribution in [3.63, 3.8) is 0 Å². The highest BCUT2D eigenvalue weighted by Gasteiger charge is 2.28. The fourth-order valence-electron chi connectivity index (χ4n) is 3.85. The molecule has 7 nitrogen and oxygen atoms in total. The predicted molar refractivity (Wildman–Crippen MR) is 125 cm³/mol. The van der Waals surface area contributed by atoms with Crippen LogP contribution in [0.5, 0.6) is 0 Å². The van der Waals surface area contributed by atoms with Gasteiger partial charge in [-0.2, -0.15) is 5.10 Å². The Bertz CT molecular complexity index is 1080. The molecule has 0 saturated carbocycles. The van der Waals surface area contributed by atoms with E-state index in [2.05, 4.69) is 15.3 Å². The number of nitrogens with zero attached hydrogens (tertiary/aromatic N) is 4. The lowest BCUT2D eigenvalue weighted by molar-refractivity contribution is -0.117. The maximum absolute atomic E-state index is 13.2. The van der Waals surface area contributed by atoms with Crippen LogP contribution >= 0.6 is 11.6 Å². The monoisotopic (exact) mass is 451 g/mol. The van der Waals surface area contributed by atoms with Crippen molar-refractivity contribution in [2.45, 2.75) is 13.5 Å². The number of amides is 2. The highest BCUT2D eigenvalue weighted by Crippen LogP contribution is 2.23.